The number of carboxylic acid groups (broad SMARTS) is 1. The van der Waals surface area contributed by atoms with E-state index in [1.54, 1.807) is 0 Å². The Morgan fingerprint density at radius 3 is 2.86 bits per heavy atom. The van der Waals surface area contributed by atoms with Gasteiger partial charge < -0.3 is 5.11 Å². The minimum atomic E-state index is -0.647. The van der Waals surface area contributed by atoms with Crippen LogP contribution in [0.5, 0.6) is 0 Å². The Morgan fingerprint density at radius 2 is 2.29 bits per heavy atom. The summed E-state index contributed by atoms with van der Waals surface area (Å²) in [5.41, 5.74) is -0.575. The van der Waals surface area contributed by atoms with Gasteiger partial charge in [-0.05, 0) is 45.2 Å². The minimum Gasteiger partial charge on any atom is -0.480 e. The molecule has 2 rings (SSSR count). The quantitative estimate of drug-likeness (QED) is 0.746. The van der Waals surface area contributed by atoms with Crippen LogP contribution >= 0.6 is 0 Å². The number of likely N-dealkylation sites (tertiary alicyclic amines) is 1. The lowest BCUT2D eigenvalue weighted by atomic mass is 9.99. The van der Waals surface area contributed by atoms with Crippen LogP contribution in [0.15, 0.2) is 0 Å². The molecule has 14 heavy (non-hydrogen) atoms. The fourth-order valence-corrected chi connectivity index (χ4v) is 2.36. The maximum Gasteiger partial charge on any atom is 0.323 e. The second-order valence-electron chi connectivity index (χ2n) is 4.90. The highest BCUT2D eigenvalue weighted by atomic mass is 16.4. The molecule has 80 valence electrons. The average Bonchev–Trinajstić information content (AvgIpc) is 2.88. The molecule has 1 N–H and O–H groups in total. The number of hydrogen-bond acceptors (Lipinski definition) is 2. The van der Waals surface area contributed by atoms with Gasteiger partial charge in [-0.15, -0.1) is 0 Å². The summed E-state index contributed by atoms with van der Waals surface area (Å²) in [6, 6.07) is 0. The molecule has 1 unspecified atom stereocenters. The summed E-state index contributed by atoms with van der Waals surface area (Å²) in [4.78, 5) is 13.3. The zero-order valence-electron chi connectivity index (χ0n) is 8.83. The molecule has 1 aliphatic carbocycles. The molecule has 3 nitrogen and oxygen atoms in total. The summed E-state index contributed by atoms with van der Waals surface area (Å²) in [6.07, 6.45) is 5.76. The van der Waals surface area contributed by atoms with Crippen molar-refractivity contribution in [1.82, 2.24) is 4.90 Å². The molecule has 1 saturated heterocycles. The summed E-state index contributed by atoms with van der Waals surface area (Å²) in [7, 11) is 0. The van der Waals surface area contributed by atoms with Gasteiger partial charge in [0, 0.05) is 0 Å². The number of hydrogen-bond donors (Lipinski definition) is 1. The third-order valence-electron chi connectivity index (χ3n) is 3.75. The first-order valence-electron chi connectivity index (χ1n) is 5.61. The molecule has 1 aliphatic heterocycles. The third kappa shape index (κ3) is 1.78. The maximum atomic E-state index is 11.2. The predicted octanol–water partition coefficient (Wildman–Crippen LogP) is 1.73. The van der Waals surface area contributed by atoms with Gasteiger partial charge in [-0.3, -0.25) is 9.69 Å². The van der Waals surface area contributed by atoms with Gasteiger partial charge >= 0.3 is 5.97 Å². The third-order valence-corrected chi connectivity index (χ3v) is 3.75. The average molecular weight is 197 g/mol. The van der Waals surface area contributed by atoms with Gasteiger partial charge in [0.05, 0.1) is 0 Å². The predicted molar refractivity (Wildman–Crippen MR) is 54.2 cm³/mol. The van der Waals surface area contributed by atoms with Gasteiger partial charge in [0.15, 0.2) is 0 Å². The molecule has 2 aliphatic rings. The molecule has 2 fully saturated rings. The molecule has 0 amide bonds. The number of rotatable bonds is 4. The Morgan fingerprint density at radius 1 is 1.57 bits per heavy atom. The molecule has 0 spiro atoms. The van der Waals surface area contributed by atoms with E-state index in [0.717, 1.165) is 31.8 Å². The zero-order chi connectivity index (χ0) is 10.2. The summed E-state index contributed by atoms with van der Waals surface area (Å²) >= 11 is 0. The lowest BCUT2D eigenvalue weighted by molar-refractivity contribution is -0.148. The van der Waals surface area contributed by atoms with Crippen molar-refractivity contribution in [2.75, 3.05) is 13.1 Å². The van der Waals surface area contributed by atoms with E-state index in [4.69, 9.17) is 0 Å². The van der Waals surface area contributed by atoms with Crippen LogP contribution in [-0.2, 0) is 4.79 Å². The van der Waals surface area contributed by atoms with Crippen LogP contribution in [0.3, 0.4) is 0 Å². The van der Waals surface area contributed by atoms with Crippen LogP contribution in [0.25, 0.3) is 0 Å². The van der Waals surface area contributed by atoms with Gasteiger partial charge in [0.1, 0.15) is 5.54 Å². The van der Waals surface area contributed by atoms with Crippen molar-refractivity contribution < 1.29 is 9.90 Å². The van der Waals surface area contributed by atoms with E-state index < -0.39 is 11.5 Å². The van der Waals surface area contributed by atoms with Gasteiger partial charge in [-0.2, -0.15) is 0 Å². The fourth-order valence-electron chi connectivity index (χ4n) is 2.36. The van der Waals surface area contributed by atoms with E-state index in [1.807, 2.05) is 6.92 Å². The van der Waals surface area contributed by atoms with E-state index in [1.165, 1.54) is 19.3 Å². The normalized spacial score (nSPS) is 33.5. The monoisotopic (exact) mass is 197 g/mol. The smallest absolute Gasteiger partial charge is 0.323 e. The fraction of sp³-hybridized carbons (Fsp3) is 0.909. The van der Waals surface area contributed by atoms with Gasteiger partial charge in [-0.25, -0.2) is 0 Å². The number of carbonyl (C=O) groups is 1. The van der Waals surface area contributed by atoms with E-state index in [2.05, 4.69) is 4.90 Å². The molecule has 0 aromatic heterocycles. The highest BCUT2D eigenvalue weighted by Crippen LogP contribution is 2.35. The first-order valence-corrected chi connectivity index (χ1v) is 5.61. The first kappa shape index (κ1) is 9.97. The van der Waals surface area contributed by atoms with Crippen molar-refractivity contribution in [3.63, 3.8) is 0 Å². The Hall–Kier alpha value is -0.570. The van der Waals surface area contributed by atoms with Crippen molar-refractivity contribution in [3.05, 3.63) is 0 Å². The van der Waals surface area contributed by atoms with E-state index in [-0.39, 0.29) is 0 Å². The van der Waals surface area contributed by atoms with Crippen LogP contribution < -0.4 is 0 Å². The van der Waals surface area contributed by atoms with Gasteiger partial charge in [-0.1, -0.05) is 12.8 Å². The molecule has 0 bridgehead atoms. The molecule has 1 atom stereocenters. The number of nitrogens with zero attached hydrogens (tertiary/aromatic N) is 1. The molecule has 0 aromatic rings. The second kappa shape index (κ2) is 3.54. The zero-order valence-corrected chi connectivity index (χ0v) is 8.83. The Labute approximate surface area is 85.1 Å². The number of aliphatic carboxylic acids is 1. The van der Waals surface area contributed by atoms with Crippen LogP contribution in [0.4, 0.5) is 0 Å². The Kier molecular flexibility index (Phi) is 2.52. The Balaban J connectivity index is 1.91. The van der Waals surface area contributed by atoms with Crippen molar-refractivity contribution in [2.45, 2.75) is 44.6 Å². The van der Waals surface area contributed by atoms with Crippen LogP contribution in [0.1, 0.15) is 39.0 Å². The molecule has 1 saturated carbocycles. The molecular weight excluding hydrogens is 178 g/mol. The van der Waals surface area contributed by atoms with Gasteiger partial charge in [0.2, 0.25) is 0 Å². The second-order valence-corrected chi connectivity index (χ2v) is 4.90. The largest absolute Gasteiger partial charge is 0.480 e. The molecular formula is C11H19NO2. The van der Waals surface area contributed by atoms with Crippen molar-refractivity contribution in [3.8, 4) is 0 Å². The maximum absolute atomic E-state index is 11.2. The van der Waals surface area contributed by atoms with Gasteiger partial charge in [0.25, 0.3) is 0 Å². The topological polar surface area (TPSA) is 40.5 Å². The first-order chi connectivity index (χ1) is 6.63. The summed E-state index contributed by atoms with van der Waals surface area (Å²) < 4.78 is 0. The summed E-state index contributed by atoms with van der Waals surface area (Å²) in [5, 5.41) is 9.18. The van der Waals surface area contributed by atoms with Crippen molar-refractivity contribution in [2.24, 2.45) is 5.92 Å². The SMILES string of the molecule is CC1(C(=O)O)CCCN1CCC1CC1. The van der Waals surface area contributed by atoms with Crippen LogP contribution in [0.2, 0.25) is 0 Å². The van der Waals surface area contributed by atoms with Crippen molar-refractivity contribution >= 4 is 5.97 Å². The minimum absolute atomic E-state index is 0.575. The van der Waals surface area contributed by atoms with Crippen molar-refractivity contribution in [1.29, 1.82) is 0 Å². The standard InChI is InChI=1S/C11H19NO2/c1-11(10(13)14)6-2-7-12(11)8-5-9-3-4-9/h9H,2-8H2,1H3,(H,13,14). The molecule has 3 heteroatoms. The summed E-state index contributed by atoms with van der Waals surface area (Å²) in [6.45, 7) is 3.82. The van der Waals surface area contributed by atoms with E-state index >= 15 is 0 Å². The van der Waals surface area contributed by atoms with E-state index in [9.17, 15) is 9.90 Å². The van der Waals surface area contributed by atoms with E-state index in [0.29, 0.717) is 0 Å². The van der Waals surface area contributed by atoms with Crippen LogP contribution in [0, 0.1) is 5.92 Å². The van der Waals surface area contributed by atoms with Crippen LogP contribution in [-0.4, -0.2) is 34.6 Å². The molecule has 0 aromatic carbocycles. The lowest BCUT2D eigenvalue weighted by Gasteiger charge is -2.31. The summed E-state index contributed by atoms with van der Waals surface area (Å²) in [5.74, 6) is 0.249. The highest BCUT2D eigenvalue weighted by Gasteiger charge is 2.43. The highest BCUT2D eigenvalue weighted by molar-refractivity contribution is 5.78. The Bertz CT molecular complexity index is 237. The number of carboxylic acids is 1. The molecule has 1 heterocycles. The lowest BCUT2D eigenvalue weighted by Crippen LogP contribution is -2.48. The molecule has 0 radical (unpaired) electrons.